The quantitative estimate of drug-likeness (QED) is 0.394. The first-order chi connectivity index (χ1) is 2.00. The Morgan fingerprint density at radius 1 is 1.14 bits per heavy atom. The van der Waals surface area contributed by atoms with Gasteiger partial charge >= 0.3 is 10.4 Å². The molecule has 0 aromatic heterocycles. The second-order valence-electron chi connectivity index (χ2n) is 0.448. The molecule has 0 aliphatic carbocycles. The van der Waals surface area contributed by atoms with Crippen LogP contribution < -0.4 is 0 Å². The predicted molar refractivity (Wildman–Crippen MR) is 19.5 cm³/mol. The minimum atomic E-state index is -4.67. The van der Waals surface area contributed by atoms with E-state index in [0.717, 1.165) is 0 Å². The molecule has 0 unspecified atom stereocenters. The molecule has 0 aliphatic heterocycles. The van der Waals surface area contributed by atoms with Crippen LogP contribution in [0.25, 0.3) is 6.15 Å². The van der Waals surface area contributed by atoms with Gasteiger partial charge in [0.15, 0.2) is 0 Å². The molecule has 47 valence electrons. The molecule has 0 saturated carbocycles. The van der Waals surface area contributed by atoms with E-state index in [-0.39, 0.29) is 23.2 Å². The molecule has 0 fully saturated rings. The van der Waals surface area contributed by atoms with E-state index in [1.54, 1.807) is 0 Å². The van der Waals surface area contributed by atoms with Crippen molar-refractivity contribution in [2.24, 2.45) is 0 Å². The molecular weight excluding hydrogens is 165 g/mol. The summed E-state index contributed by atoms with van der Waals surface area (Å²) in [6, 6.07) is 0. The summed E-state index contributed by atoms with van der Waals surface area (Å²) in [7, 11) is -4.67. The summed E-state index contributed by atoms with van der Waals surface area (Å²) in [4.78, 5) is 0. The van der Waals surface area contributed by atoms with Crippen molar-refractivity contribution in [3.05, 3.63) is 6.15 Å². The van der Waals surface area contributed by atoms with E-state index in [1.165, 1.54) is 0 Å². The topological polar surface area (TPSA) is 108 Å². The van der Waals surface area contributed by atoms with E-state index in [2.05, 4.69) is 0 Å². The molecule has 0 spiro atoms. The van der Waals surface area contributed by atoms with Crippen LogP contribution in [0.4, 0.5) is 0 Å². The number of hydrogen-bond acceptors (Lipinski definition) is 2. The van der Waals surface area contributed by atoms with Crippen molar-refractivity contribution < 1.29 is 34.6 Å². The van der Waals surface area contributed by atoms with Crippen LogP contribution >= 0.6 is 0 Å². The zero-order valence-corrected chi connectivity index (χ0v) is 5.07. The van der Waals surface area contributed by atoms with Crippen LogP contribution in [-0.4, -0.2) is 17.5 Å². The minimum absolute atomic E-state index is 0. The zero-order chi connectivity index (χ0) is 4.50. The molecule has 0 aliphatic rings. The molecule has 0 aromatic rings. The average molecular weight is 169 g/mol. The van der Waals surface area contributed by atoms with Gasteiger partial charge in [-0.25, -0.2) is 0 Å². The molecule has 0 aromatic carbocycles. The molecule has 0 heterocycles. The van der Waals surface area contributed by atoms with Gasteiger partial charge in [-0.05, 0) is 0 Å². The maximum Gasteiger partial charge on any atom is 0.394 e. The van der Waals surface area contributed by atoms with Gasteiger partial charge in [0.25, 0.3) is 0 Å². The number of hydrogen-bond donors (Lipinski definition) is 2. The first kappa shape index (κ1) is 15.7. The third-order valence-electron chi connectivity index (χ3n) is 0. The van der Waals surface area contributed by atoms with Gasteiger partial charge in [-0.3, -0.25) is 9.11 Å². The van der Waals surface area contributed by atoms with Crippen molar-refractivity contribution in [3.8, 4) is 0 Å². The predicted octanol–water partition coefficient (Wildman–Crippen LogP) is 0.0618. The van der Waals surface area contributed by atoms with Crippen LogP contribution in [0.3, 0.4) is 0 Å². The number of nitrogens with two attached hydrogens (primary N) is 1. The summed E-state index contributed by atoms with van der Waals surface area (Å²) in [5, 5.41) is 0. The molecule has 0 saturated heterocycles. The number of rotatable bonds is 0. The third-order valence-corrected chi connectivity index (χ3v) is 0. The fourth-order valence-corrected chi connectivity index (χ4v) is 0. The summed E-state index contributed by atoms with van der Waals surface area (Å²) in [5.74, 6) is 0. The molecule has 0 amide bonds. The first-order valence-corrected chi connectivity index (χ1v) is 2.10. The van der Waals surface area contributed by atoms with E-state index in [0.29, 0.717) is 0 Å². The van der Waals surface area contributed by atoms with Crippen molar-refractivity contribution in [1.29, 1.82) is 0 Å². The fraction of sp³-hybridized carbons (Fsp3) is 0. The van der Waals surface area contributed by atoms with Gasteiger partial charge in [-0.1, -0.05) is 0 Å². The molecule has 7 heavy (non-hydrogen) atoms. The summed E-state index contributed by atoms with van der Waals surface area (Å²) in [6.07, 6.45) is 0. The third kappa shape index (κ3) is 983. The molecule has 7 heteroatoms. The molecule has 1 radical (unpaired) electrons. The maximum absolute atomic E-state index is 8.74. The molecule has 0 bridgehead atoms. The van der Waals surface area contributed by atoms with Crippen LogP contribution in [0.15, 0.2) is 0 Å². The summed E-state index contributed by atoms with van der Waals surface area (Å²) < 4.78 is 31.6. The Bertz CT molecular complexity index is 94.9. The van der Waals surface area contributed by atoms with Crippen LogP contribution in [0.1, 0.15) is 0 Å². The first-order valence-electron chi connectivity index (χ1n) is 0.698. The van der Waals surface area contributed by atoms with Crippen LogP contribution in [0.5, 0.6) is 0 Å². The van der Waals surface area contributed by atoms with Gasteiger partial charge in [-0.15, -0.1) is 0 Å². The van der Waals surface area contributed by atoms with Gasteiger partial charge in [0, 0.05) is 17.1 Å². The second kappa shape index (κ2) is 4.51. The van der Waals surface area contributed by atoms with Crippen molar-refractivity contribution in [2.75, 3.05) is 0 Å². The van der Waals surface area contributed by atoms with Crippen LogP contribution in [0, 0.1) is 0 Å². The van der Waals surface area contributed by atoms with E-state index in [9.17, 15) is 0 Å². The van der Waals surface area contributed by atoms with Gasteiger partial charge in [0.05, 0.1) is 0 Å². The van der Waals surface area contributed by atoms with Gasteiger partial charge in [-0.2, -0.15) is 8.42 Å². The smallest absolute Gasteiger partial charge is 0.394 e. The van der Waals surface area contributed by atoms with Gasteiger partial charge in [0.2, 0.25) is 0 Å². The Kier molecular flexibility index (Phi) is 10.1. The Morgan fingerprint density at radius 2 is 1.14 bits per heavy atom. The fourth-order valence-electron chi connectivity index (χ4n) is 0. The monoisotopic (exact) mass is 169 g/mol. The SMILES string of the molecule is O=S(=O)(O)O.[Mn].[NH2-]. The van der Waals surface area contributed by atoms with Crippen molar-refractivity contribution in [1.82, 2.24) is 0 Å². The summed E-state index contributed by atoms with van der Waals surface area (Å²) in [5.41, 5.74) is 0. The molecule has 0 rings (SSSR count). The molecule has 4 N–H and O–H groups in total. The van der Waals surface area contributed by atoms with E-state index < -0.39 is 10.4 Å². The van der Waals surface area contributed by atoms with Crippen molar-refractivity contribution in [3.63, 3.8) is 0 Å². The molecule has 5 nitrogen and oxygen atoms in total. The summed E-state index contributed by atoms with van der Waals surface area (Å²) >= 11 is 0. The van der Waals surface area contributed by atoms with Gasteiger partial charge in [0.1, 0.15) is 0 Å². The van der Waals surface area contributed by atoms with E-state index >= 15 is 0 Å². The second-order valence-corrected chi connectivity index (χ2v) is 1.34. The Labute approximate surface area is 51.7 Å². The van der Waals surface area contributed by atoms with E-state index in [1.807, 2.05) is 0 Å². The normalized spacial score (nSPS) is 8.29. The Hall–Kier alpha value is 0.349. The zero-order valence-electron chi connectivity index (χ0n) is 3.07. The van der Waals surface area contributed by atoms with Crippen molar-refractivity contribution >= 4 is 10.4 Å². The Morgan fingerprint density at radius 3 is 1.14 bits per heavy atom. The average Bonchev–Trinajstić information content (AvgIpc) is 0.722. The largest absolute Gasteiger partial charge is 0.693 e. The van der Waals surface area contributed by atoms with E-state index in [4.69, 9.17) is 17.5 Å². The Balaban J connectivity index is -0.0000000800. The molecular formula is H4MnNO4S-. The van der Waals surface area contributed by atoms with Crippen LogP contribution in [0.2, 0.25) is 0 Å². The maximum atomic E-state index is 8.74. The van der Waals surface area contributed by atoms with Crippen molar-refractivity contribution in [2.45, 2.75) is 0 Å². The standard InChI is InChI=1S/Mn.H2N.H2O4S/c;;1-5(2,3)4/h;1H2;(H2,1,2,3,4)/q;-1;. The minimum Gasteiger partial charge on any atom is -0.693 e. The molecule has 0 atom stereocenters. The summed E-state index contributed by atoms with van der Waals surface area (Å²) in [6.45, 7) is 0. The van der Waals surface area contributed by atoms with Crippen LogP contribution in [-0.2, 0) is 27.5 Å². The van der Waals surface area contributed by atoms with Gasteiger partial charge < -0.3 is 6.15 Å².